The number of nitrogens with zero attached hydrogens (tertiary/aromatic N) is 1. The van der Waals surface area contributed by atoms with Gasteiger partial charge in [0.15, 0.2) is 0 Å². The minimum atomic E-state index is -0.558. The monoisotopic (exact) mass is 430 g/mol. The lowest BCUT2D eigenvalue weighted by molar-refractivity contribution is -0.141. The number of benzene rings is 2. The van der Waals surface area contributed by atoms with Crippen molar-refractivity contribution in [2.75, 3.05) is 6.61 Å². The van der Waals surface area contributed by atoms with Gasteiger partial charge in [0, 0.05) is 24.0 Å². The summed E-state index contributed by atoms with van der Waals surface area (Å²) < 4.78 is 5.68. The van der Waals surface area contributed by atoms with Crippen molar-refractivity contribution in [2.24, 2.45) is 0 Å². The molecule has 0 aliphatic rings. The zero-order chi connectivity index (χ0) is 22.1. The maximum Gasteiger partial charge on any atom is 0.242 e. The molecule has 2 aromatic carbocycles. The van der Waals surface area contributed by atoms with E-state index >= 15 is 0 Å². The number of amides is 2. The van der Waals surface area contributed by atoms with E-state index < -0.39 is 6.04 Å². The molecule has 0 radical (unpaired) electrons. The SMILES string of the molecule is Cc1cccc(CN(C(=O)CCCOc2ccc(Cl)cc2)[C@H](C)C(=O)NC(C)C)c1. The number of aryl methyl sites for hydroxylation is 1. The third-order valence-corrected chi connectivity index (χ3v) is 4.90. The van der Waals surface area contributed by atoms with Crippen LogP contribution >= 0.6 is 11.6 Å². The van der Waals surface area contributed by atoms with Gasteiger partial charge >= 0.3 is 0 Å². The molecule has 0 bridgehead atoms. The van der Waals surface area contributed by atoms with Crippen molar-refractivity contribution >= 4 is 23.4 Å². The molecule has 0 saturated heterocycles. The molecule has 0 aliphatic carbocycles. The van der Waals surface area contributed by atoms with Crippen LogP contribution < -0.4 is 10.1 Å². The maximum atomic E-state index is 13.0. The number of nitrogens with one attached hydrogen (secondary N) is 1. The molecule has 162 valence electrons. The average molecular weight is 431 g/mol. The summed E-state index contributed by atoms with van der Waals surface area (Å²) in [6, 6.07) is 14.6. The van der Waals surface area contributed by atoms with Gasteiger partial charge in [0.05, 0.1) is 6.61 Å². The van der Waals surface area contributed by atoms with E-state index in [9.17, 15) is 9.59 Å². The summed E-state index contributed by atoms with van der Waals surface area (Å²) in [4.78, 5) is 27.2. The van der Waals surface area contributed by atoms with Crippen molar-refractivity contribution in [3.63, 3.8) is 0 Å². The van der Waals surface area contributed by atoms with Crippen molar-refractivity contribution in [3.05, 3.63) is 64.7 Å². The number of carbonyl (C=O) groups excluding carboxylic acids is 2. The van der Waals surface area contributed by atoms with Gasteiger partial charge in [-0.1, -0.05) is 41.4 Å². The first kappa shape index (κ1) is 23.7. The third kappa shape index (κ3) is 7.71. The highest BCUT2D eigenvalue weighted by Gasteiger charge is 2.26. The van der Waals surface area contributed by atoms with Gasteiger partial charge in [0.1, 0.15) is 11.8 Å². The summed E-state index contributed by atoms with van der Waals surface area (Å²) >= 11 is 5.87. The topological polar surface area (TPSA) is 58.6 Å². The van der Waals surface area contributed by atoms with Gasteiger partial charge in [-0.15, -0.1) is 0 Å². The molecule has 0 heterocycles. The fourth-order valence-corrected chi connectivity index (χ4v) is 3.21. The molecule has 0 spiro atoms. The molecule has 30 heavy (non-hydrogen) atoms. The molecule has 2 aromatic rings. The maximum absolute atomic E-state index is 13.0. The Kier molecular flexibility index (Phi) is 9.18. The molecule has 2 rings (SSSR count). The predicted octanol–water partition coefficient (Wildman–Crippen LogP) is 4.75. The van der Waals surface area contributed by atoms with Gasteiger partial charge in [0.2, 0.25) is 11.8 Å². The fourth-order valence-electron chi connectivity index (χ4n) is 3.08. The first-order valence-electron chi connectivity index (χ1n) is 10.3. The van der Waals surface area contributed by atoms with E-state index in [1.807, 2.05) is 45.0 Å². The quantitative estimate of drug-likeness (QED) is 0.553. The zero-order valence-electron chi connectivity index (χ0n) is 18.2. The standard InChI is InChI=1S/C24H31ClN2O3/c1-17(2)26-24(29)19(4)27(16-20-8-5-7-18(3)15-20)23(28)9-6-14-30-22-12-10-21(25)11-13-22/h5,7-8,10-13,15,17,19H,6,9,14,16H2,1-4H3,(H,26,29)/t19-/m1/s1. The molecule has 2 amide bonds. The second-order valence-electron chi connectivity index (χ2n) is 7.76. The van der Waals surface area contributed by atoms with Gasteiger partial charge in [-0.25, -0.2) is 0 Å². The molecule has 0 aliphatic heterocycles. The highest BCUT2D eigenvalue weighted by molar-refractivity contribution is 6.30. The summed E-state index contributed by atoms with van der Waals surface area (Å²) in [5.41, 5.74) is 2.13. The Morgan fingerprint density at radius 3 is 2.43 bits per heavy atom. The zero-order valence-corrected chi connectivity index (χ0v) is 18.9. The Balaban J connectivity index is 1.99. The van der Waals surface area contributed by atoms with Crippen LogP contribution in [0.5, 0.6) is 5.75 Å². The molecular weight excluding hydrogens is 400 g/mol. The van der Waals surface area contributed by atoms with Crippen LogP contribution in [0, 0.1) is 6.92 Å². The molecule has 1 atom stereocenters. The first-order valence-corrected chi connectivity index (χ1v) is 10.7. The minimum absolute atomic E-state index is 0.0173. The van der Waals surface area contributed by atoms with Gasteiger partial charge in [-0.3, -0.25) is 9.59 Å². The Morgan fingerprint density at radius 1 is 1.10 bits per heavy atom. The fraction of sp³-hybridized carbons (Fsp3) is 0.417. The van der Waals surface area contributed by atoms with E-state index in [0.29, 0.717) is 36.8 Å². The molecule has 0 aromatic heterocycles. The van der Waals surface area contributed by atoms with Crippen LogP contribution in [0.25, 0.3) is 0 Å². The molecule has 0 unspecified atom stereocenters. The van der Waals surface area contributed by atoms with Crippen LogP contribution in [0.3, 0.4) is 0 Å². The smallest absolute Gasteiger partial charge is 0.242 e. The van der Waals surface area contributed by atoms with Crippen molar-refractivity contribution in [1.29, 1.82) is 0 Å². The van der Waals surface area contributed by atoms with E-state index in [2.05, 4.69) is 5.32 Å². The van der Waals surface area contributed by atoms with E-state index in [0.717, 1.165) is 11.1 Å². The van der Waals surface area contributed by atoms with Gasteiger partial charge in [-0.05, 0) is 63.9 Å². The second kappa shape index (κ2) is 11.6. The van der Waals surface area contributed by atoms with Crippen LogP contribution in [-0.4, -0.2) is 35.4 Å². The third-order valence-electron chi connectivity index (χ3n) is 4.65. The number of rotatable bonds is 10. The summed E-state index contributed by atoms with van der Waals surface area (Å²) in [6.07, 6.45) is 0.864. The minimum Gasteiger partial charge on any atom is -0.494 e. The summed E-state index contributed by atoms with van der Waals surface area (Å²) in [6.45, 7) is 8.41. The molecule has 1 N–H and O–H groups in total. The summed E-state index contributed by atoms with van der Waals surface area (Å²) in [5, 5.41) is 3.55. The second-order valence-corrected chi connectivity index (χ2v) is 8.19. The Bertz CT molecular complexity index is 837. The van der Waals surface area contributed by atoms with Crippen LogP contribution in [0.4, 0.5) is 0 Å². The van der Waals surface area contributed by atoms with Crippen LogP contribution in [0.15, 0.2) is 48.5 Å². The lowest BCUT2D eigenvalue weighted by atomic mass is 10.1. The summed E-state index contributed by atoms with van der Waals surface area (Å²) in [7, 11) is 0. The number of carbonyl (C=O) groups is 2. The number of hydrogen-bond donors (Lipinski definition) is 1. The lowest BCUT2D eigenvalue weighted by Gasteiger charge is -2.29. The largest absolute Gasteiger partial charge is 0.494 e. The molecule has 0 fully saturated rings. The average Bonchev–Trinajstić information content (AvgIpc) is 2.69. The van der Waals surface area contributed by atoms with Crippen molar-refractivity contribution < 1.29 is 14.3 Å². The van der Waals surface area contributed by atoms with Gasteiger partial charge in [0.25, 0.3) is 0 Å². The predicted molar refractivity (Wildman–Crippen MR) is 121 cm³/mol. The summed E-state index contributed by atoms with van der Waals surface area (Å²) in [5.74, 6) is 0.499. The first-order chi connectivity index (χ1) is 14.3. The lowest BCUT2D eigenvalue weighted by Crippen LogP contribution is -2.49. The number of ether oxygens (including phenoxy) is 1. The van der Waals surface area contributed by atoms with Gasteiger partial charge < -0.3 is 15.0 Å². The normalized spacial score (nSPS) is 11.8. The number of halogens is 1. The Hall–Kier alpha value is -2.53. The highest BCUT2D eigenvalue weighted by atomic mass is 35.5. The van der Waals surface area contributed by atoms with E-state index in [1.54, 1.807) is 36.1 Å². The molecule has 5 nitrogen and oxygen atoms in total. The van der Waals surface area contributed by atoms with E-state index in [1.165, 1.54) is 0 Å². The molecule has 6 heteroatoms. The van der Waals surface area contributed by atoms with Gasteiger partial charge in [-0.2, -0.15) is 0 Å². The Labute approximate surface area is 184 Å². The van der Waals surface area contributed by atoms with Crippen molar-refractivity contribution in [1.82, 2.24) is 10.2 Å². The van der Waals surface area contributed by atoms with E-state index in [-0.39, 0.29) is 17.9 Å². The van der Waals surface area contributed by atoms with Crippen LogP contribution in [0.2, 0.25) is 5.02 Å². The van der Waals surface area contributed by atoms with Crippen molar-refractivity contribution in [3.8, 4) is 5.75 Å². The molecule has 0 saturated carbocycles. The highest BCUT2D eigenvalue weighted by Crippen LogP contribution is 2.17. The van der Waals surface area contributed by atoms with Crippen LogP contribution in [0.1, 0.15) is 44.7 Å². The van der Waals surface area contributed by atoms with Crippen LogP contribution in [-0.2, 0) is 16.1 Å². The number of hydrogen-bond acceptors (Lipinski definition) is 3. The van der Waals surface area contributed by atoms with E-state index in [4.69, 9.17) is 16.3 Å². The Morgan fingerprint density at radius 2 is 1.80 bits per heavy atom. The molecular formula is C24H31ClN2O3. The van der Waals surface area contributed by atoms with Crippen molar-refractivity contribution in [2.45, 2.75) is 59.2 Å².